The van der Waals surface area contributed by atoms with E-state index in [9.17, 15) is 9.59 Å². The van der Waals surface area contributed by atoms with Crippen LogP contribution in [0.4, 0.5) is 5.69 Å². The average Bonchev–Trinajstić information content (AvgIpc) is 3.36. The minimum absolute atomic E-state index is 0.275. The molecule has 37 heavy (non-hydrogen) atoms. The van der Waals surface area contributed by atoms with Crippen molar-refractivity contribution >= 4 is 23.6 Å². The summed E-state index contributed by atoms with van der Waals surface area (Å²) in [5.74, 6) is 0.0589. The molecule has 2 amide bonds. The maximum Gasteiger partial charge on any atom is 0.255 e. The van der Waals surface area contributed by atoms with Gasteiger partial charge >= 0.3 is 0 Å². The lowest BCUT2D eigenvalue weighted by atomic mass is 10.1. The van der Waals surface area contributed by atoms with Gasteiger partial charge in [-0.1, -0.05) is 18.2 Å². The molecule has 2 aromatic carbocycles. The van der Waals surface area contributed by atoms with Gasteiger partial charge in [-0.05, 0) is 36.4 Å². The van der Waals surface area contributed by atoms with E-state index in [2.05, 4.69) is 10.3 Å². The van der Waals surface area contributed by atoms with Gasteiger partial charge in [0.25, 0.3) is 5.91 Å². The number of carbonyl (C=O) groups is 2. The third kappa shape index (κ3) is 5.67. The van der Waals surface area contributed by atoms with Crippen LogP contribution in [0.25, 0.3) is 23.0 Å². The summed E-state index contributed by atoms with van der Waals surface area (Å²) in [7, 11) is 6.24. The van der Waals surface area contributed by atoms with Crippen molar-refractivity contribution in [2.24, 2.45) is 0 Å². The van der Waals surface area contributed by atoms with Gasteiger partial charge in [-0.15, -0.1) is 0 Å². The van der Waals surface area contributed by atoms with Crippen LogP contribution in [0.15, 0.2) is 79.3 Å². The summed E-state index contributed by atoms with van der Waals surface area (Å²) in [6.45, 7) is 0. The molecule has 4 aromatic rings. The van der Waals surface area contributed by atoms with Crippen LogP contribution in [0, 0.1) is 0 Å². The summed E-state index contributed by atoms with van der Waals surface area (Å²) in [4.78, 5) is 31.4. The van der Waals surface area contributed by atoms with E-state index in [1.807, 2.05) is 48.7 Å². The first-order chi connectivity index (χ1) is 17.9. The van der Waals surface area contributed by atoms with Crippen molar-refractivity contribution in [1.82, 2.24) is 19.7 Å². The summed E-state index contributed by atoms with van der Waals surface area (Å²) in [6, 6.07) is 16.5. The van der Waals surface area contributed by atoms with Gasteiger partial charge in [0.2, 0.25) is 5.91 Å². The van der Waals surface area contributed by atoms with Gasteiger partial charge < -0.3 is 19.7 Å². The highest BCUT2D eigenvalue weighted by Crippen LogP contribution is 2.34. The Morgan fingerprint density at radius 3 is 2.38 bits per heavy atom. The molecule has 188 valence electrons. The SMILES string of the molecule is COc1cc(NC(=O)/C=C/c2cn(-c3ccccc3)nc2-c2cccnc2)c(C(=O)N(C)C)cc1OC. The third-order valence-corrected chi connectivity index (χ3v) is 5.53. The van der Waals surface area contributed by atoms with E-state index in [0.717, 1.165) is 16.8 Å². The highest BCUT2D eigenvalue weighted by Gasteiger charge is 2.19. The second-order valence-corrected chi connectivity index (χ2v) is 8.23. The number of amides is 2. The summed E-state index contributed by atoms with van der Waals surface area (Å²) >= 11 is 0. The largest absolute Gasteiger partial charge is 0.493 e. The van der Waals surface area contributed by atoms with E-state index in [4.69, 9.17) is 14.6 Å². The molecule has 0 spiro atoms. The standard InChI is InChI=1S/C28H27N5O4/c1-32(2)28(35)22-15-24(36-3)25(37-4)16-23(22)30-26(34)13-12-20-18-33(21-10-6-5-7-11-21)31-27(20)19-9-8-14-29-17-19/h5-18H,1-4H3,(H,30,34)/b13-12+. The number of carbonyl (C=O) groups excluding carboxylic acids is 2. The highest BCUT2D eigenvalue weighted by molar-refractivity contribution is 6.08. The van der Waals surface area contributed by atoms with Crippen LogP contribution in [0.2, 0.25) is 0 Å². The van der Waals surface area contributed by atoms with E-state index in [-0.39, 0.29) is 11.5 Å². The first-order valence-electron chi connectivity index (χ1n) is 11.4. The Morgan fingerprint density at radius 1 is 1.00 bits per heavy atom. The lowest BCUT2D eigenvalue weighted by molar-refractivity contribution is -0.111. The van der Waals surface area contributed by atoms with Gasteiger partial charge in [0.05, 0.1) is 31.2 Å². The van der Waals surface area contributed by atoms with Crippen molar-refractivity contribution in [3.8, 4) is 28.4 Å². The molecule has 0 aliphatic heterocycles. The van der Waals surface area contributed by atoms with E-state index < -0.39 is 5.91 Å². The van der Waals surface area contributed by atoms with E-state index in [0.29, 0.717) is 22.9 Å². The molecule has 0 aliphatic rings. The van der Waals surface area contributed by atoms with Crippen LogP contribution >= 0.6 is 0 Å². The number of benzene rings is 2. The molecule has 2 aromatic heterocycles. The zero-order chi connectivity index (χ0) is 26.4. The molecule has 0 saturated carbocycles. The summed E-state index contributed by atoms with van der Waals surface area (Å²) in [5, 5.41) is 7.52. The summed E-state index contributed by atoms with van der Waals surface area (Å²) < 4.78 is 12.4. The van der Waals surface area contributed by atoms with Crippen LogP contribution in [-0.4, -0.2) is 59.8 Å². The topological polar surface area (TPSA) is 98.6 Å². The van der Waals surface area contributed by atoms with E-state index in [1.54, 1.807) is 49.4 Å². The number of rotatable bonds is 8. The van der Waals surface area contributed by atoms with Crippen LogP contribution in [0.5, 0.6) is 11.5 Å². The highest BCUT2D eigenvalue weighted by atomic mass is 16.5. The van der Waals surface area contributed by atoms with Gasteiger partial charge in [0.15, 0.2) is 11.5 Å². The molecule has 4 rings (SSSR count). The van der Waals surface area contributed by atoms with Crippen LogP contribution in [-0.2, 0) is 4.79 Å². The van der Waals surface area contributed by atoms with Gasteiger partial charge in [0, 0.05) is 56.0 Å². The van der Waals surface area contributed by atoms with Crippen LogP contribution in [0.1, 0.15) is 15.9 Å². The fourth-order valence-corrected chi connectivity index (χ4v) is 3.69. The van der Waals surface area contributed by atoms with Crippen molar-refractivity contribution in [2.45, 2.75) is 0 Å². The Labute approximate surface area is 215 Å². The predicted octanol–water partition coefficient (Wildman–Crippen LogP) is 4.31. The number of methoxy groups -OCH3 is 2. The van der Waals surface area contributed by atoms with Gasteiger partial charge in [-0.3, -0.25) is 14.6 Å². The van der Waals surface area contributed by atoms with Crippen molar-refractivity contribution in [3.05, 3.63) is 90.4 Å². The second kappa shape index (κ2) is 11.2. The quantitative estimate of drug-likeness (QED) is 0.365. The summed E-state index contributed by atoms with van der Waals surface area (Å²) in [6.07, 6.45) is 8.33. The predicted molar refractivity (Wildman–Crippen MR) is 142 cm³/mol. The maximum absolute atomic E-state index is 13.0. The number of aromatic nitrogens is 3. The molecule has 0 aliphatic carbocycles. The monoisotopic (exact) mass is 497 g/mol. The Bertz CT molecular complexity index is 1430. The molecule has 0 unspecified atom stereocenters. The minimum Gasteiger partial charge on any atom is -0.493 e. The second-order valence-electron chi connectivity index (χ2n) is 8.23. The van der Waals surface area contributed by atoms with Crippen molar-refractivity contribution in [1.29, 1.82) is 0 Å². The normalized spacial score (nSPS) is 10.8. The zero-order valence-corrected chi connectivity index (χ0v) is 21.0. The Morgan fingerprint density at radius 2 is 1.73 bits per heavy atom. The Hall–Kier alpha value is -4.92. The molecule has 9 heteroatoms. The minimum atomic E-state index is -0.426. The smallest absolute Gasteiger partial charge is 0.255 e. The first kappa shape index (κ1) is 25.2. The average molecular weight is 498 g/mol. The van der Waals surface area contributed by atoms with Crippen molar-refractivity contribution < 1.29 is 19.1 Å². The fraction of sp³-hybridized carbons (Fsp3) is 0.143. The number of pyridine rings is 1. The van der Waals surface area contributed by atoms with Crippen molar-refractivity contribution in [3.63, 3.8) is 0 Å². The van der Waals surface area contributed by atoms with E-state index in [1.165, 1.54) is 25.2 Å². The van der Waals surface area contributed by atoms with Gasteiger partial charge in [-0.25, -0.2) is 4.68 Å². The number of hydrogen-bond acceptors (Lipinski definition) is 6. The number of para-hydroxylation sites is 1. The lowest BCUT2D eigenvalue weighted by Gasteiger charge is -2.17. The Balaban J connectivity index is 1.67. The van der Waals surface area contributed by atoms with Crippen molar-refractivity contribution in [2.75, 3.05) is 33.6 Å². The first-order valence-corrected chi connectivity index (χ1v) is 11.4. The lowest BCUT2D eigenvalue weighted by Crippen LogP contribution is -2.24. The molecule has 0 bridgehead atoms. The van der Waals surface area contributed by atoms with Crippen LogP contribution in [0.3, 0.4) is 0 Å². The molecular weight excluding hydrogens is 470 g/mol. The summed E-state index contributed by atoms with van der Waals surface area (Å²) in [5.41, 5.74) is 3.68. The third-order valence-electron chi connectivity index (χ3n) is 5.53. The fourth-order valence-electron chi connectivity index (χ4n) is 3.69. The number of hydrogen-bond donors (Lipinski definition) is 1. The van der Waals surface area contributed by atoms with Crippen LogP contribution < -0.4 is 14.8 Å². The molecular formula is C28H27N5O4. The molecule has 0 saturated heterocycles. The maximum atomic E-state index is 13.0. The molecule has 0 radical (unpaired) electrons. The molecule has 0 fully saturated rings. The molecule has 2 heterocycles. The number of ether oxygens (including phenoxy) is 2. The zero-order valence-electron chi connectivity index (χ0n) is 21.0. The molecule has 0 atom stereocenters. The number of nitrogens with zero attached hydrogens (tertiary/aromatic N) is 4. The van der Waals surface area contributed by atoms with Gasteiger partial charge in [0.1, 0.15) is 5.69 Å². The van der Waals surface area contributed by atoms with Gasteiger partial charge in [-0.2, -0.15) is 5.10 Å². The number of anilines is 1. The molecule has 1 N–H and O–H groups in total. The molecule has 9 nitrogen and oxygen atoms in total. The number of nitrogens with one attached hydrogen (secondary N) is 1. The van der Waals surface area contributed by atoms with E-state index >= 15 is 0 Å². The Kier molecular flexibility index (Phi) is 7.63.